The predicted molar refractivity (Wildman–Crippen MR) is 44.7 cm³/mol. The summed E-state index contributed by atoms with van der Waals surface area (Å²) in [6.07, 6.45) is 0. The molecule has 0 aromatic carbocycles. The Balaban J connectivity index is 2.39. The number of piperazine rings is 1. The van der Waals surface area contributed by atoms with Gasteiger partial charge in [-0.2, -0.15) is 8.61 Å². The van der Waals surface area contributed by atoms with Crippen molar-refractivity contribution in [2.24, 2.45) is 0 Å². The van der Waals surface area contributed by atoms with E-state index < -0.39 is 22.5 Å². The molecule has 8 heteroatoms. The Bertz CT molecular complexity index is 181. The fourth-order valence-corrected chi connectivity index (χ4v) is 1.93. The van der Waals surface area contributed by atoms with Crippen LogP contribution in [0.4, 0.5) is 0 Å². The van der Waals surface area contributed by atoms with Crippen molar-refractivity contribution >= 4 is 22.5 Å². The van der Waals surface area contributed by atoms with Crippen LogP contribution in [0, 0.1) is 0 Å². The van der Waals surface area contributed by atoms with Gasteiger partial charge in [-0.15, -0.1) is 0 Å². The van der Waals surface area contributed by atoms with Gasteiger partial charge in [0.25, 0.3) is 0 Å². The summed E-state index contributed by atoms with van der Waals surface area (Å²) < 4.78 is 41.0. The van der Waals surface area contributed by atoms with Crippen LogP contribution >= 0.6 is 0 Å². The Hall–Kier alpha value is 0.140. The second-order valence-electron chi connectivity index (χ2n) is 2.32. The minimum Gasteiger partial charge on any atom is -0.294 e. The molecule has 0 aromatic rings. The third-order valence-corrected chi connectivity index (χ3v) is 3.25. The average molecular weight is 214 g/mol. The van der Waals surface area contributed by atoms with E-state index >= 15 is 0 Å². The Morgan fingerprint density at radius 1 is 0.833 bits per heavy atom. The van der Waals surface area contributed by atoms with Crippen molar-refractivity contribution in [1.29, 1.82) is 0 Å². The van der Waals surface area contributed by atoms with Gasteiger partial charge in [-0.25, -0.2) is 8.42 Å². The summed E-state index contributed by atoms with van der Waals surface area (Å²) in [5.74, 6) is 0. The molecule has 2 atom stereocenters. The first-order valence-corrected chi connectivity index (χ1v) is 5.46. The lowest BCUT2D eigenvalue weighted by molar-refractivity contribution is 0.266. The molecule has 0 saturated carbocycles. The average Bonchev–Trinajstić information content (AvgIpc) is 2.04. The van der Waals surface area contributed by atoms with Crippen LogP contribution in [0.15, 0.2) is 0 Å². The number of nitrogens with zero attached hydrogens (tertiary/aromatic N) is 2. The maximum atomic E-state index is 10.5. The van der Waals surface area contributed by atoms with Gasteiger partial charge in [-0.05, 0) is 0 Å². The highest BCUT2D eigenvalue weighted by atomic mass is 32.2. The van der Waals surface area contributed by atoms with Gasteiger partial charge in [0.2, 0.25) is 22.5 Å². The van der Waals surface area contributed by atoms with E-state index in [9.17, 15) is 8.42 Å². The molecule has 0 aliphatic carbocycles. The molecule has 2 unspecified atom stereocenters. The molecule has 1 saturated heterocycles. The van der Waals surface area contributed by atoms with E-state index in [1.165, 1.54) is 8.61 Å². The zero-order valence-corrected chi connectivity index (χ0v) is 7.88. The van der Waals surface area contributed by atoms with Gasteiger partial charge >= 0.3 is 0 Å². The number of rotatable bonds is 2. The van der Waals surface area contributed by atoms with Crippen LogP contribution in [0.5, 0.6) is 0 Å². The summed E-state index contributed by atoms with van der Waals surface area (Å²) in [5.41, 5.74) is 0. The second kappa shape index (κ2) is 4.40. The van der Waals surface area contributed by atoms with Gasteiger partial charge in [0, 0.05) is 26.2 Å². The second-order valence-corrected chi connectivity index (χ2v) is 4.28. The van der Waals surface area contributed by atoms with E-state index in [4.69, 9.17) is 9.11 Å². The first-order chi connectivity index (χ1) is 5.61. The molecule has 2 N–H and O–H groups in total. The summed E-state index contributed by atoms with van der Waals surface area (Å²) in [7, 11) is 0. The molecule has 0 amide bonds. The van der Waals surface area contributed by atoms with Crippen LogP contribution in [-0.4, -0.2) is 52.3 Å². The number of hydrogen-bond acceptors (Lipinski definition) is 2. The fraction of sp³-hybridized carbons (Fsp3) is 1.00. The van der Waals surface area contributed by atoms with E-state index in [2.05, 4.69) is 0 Å². The molecule has 12 heavy (non-hydrogen) atoms. The van der Waals surface area contributed by atoms with Gasteiger partial charge in [0.05, 0.1) is 0 Å². The molecule has 1 fully saturated rings. The summed E-state index contributed by atoms with van der Waals surface area (Å²) in [5, 5.41) is 0. The van der Waals surface area contributed by atoms with Crippen molar-refractivity contribution in [2.75, 3.05) is 26.2 Å². The minimum atomic E-state index is -1.95. The summed E-state index contributed by atoms with van der Waals surface area (Å²) in [6.45, 7) is 1.37. The van der Waals surface area contributed by atoms with Crippen LogP contribution in [0.1, 0.15) is 0 Å². The molecular weight excluding hydrogens is 204 g/mol. The topological polar surface area (TPSA) is 81.1 Å². The van der Waals surface area contributed by atoms with Gasteiger partial charge < -0.3 is 0 Å². The Labute approximate surface area is 75.4 Å². The lowest BCUT2D eigenvalue weighted by atomic mass is 10.4. The zero-order valence-electron chi connectivity index (χ0n) is 6.25. The predicted octanol–water partition coefficient (Wildman–Crippen LogP) is -1.12. The number of hydrogen-bond donors (Lipinski definition) is 2. The first kappa shape index (κ1) is 10.2. The molecule has 1 aliphatic heterocycles. The van der Waals surface area contributed by atoms with Crippen LogP contribution in [0.2, 0.25) is 0 Å². The van der Waals surface area contributed by atoms with Gasteiger partial charge in [0.15, 0.2) is 0 Å². The van der Waals surface area contributed by atoms with Crippen molar-refractivity contribution in [3.8, 4) is 0 Å². The molecular formula is C4H10N2O4S2. The fourth-order valence-electron chi connectivity index (χ4n) is 0.982. The zero-order chi connectivity index (χ0) is 9.14. The SMILES string of the molecule is O=S(O)N1CCN(S(=O)O)CC1. The van der Waals surface area contributed by atoms with Crippen molar-refractivity contribution in [1.82, 2.24) is 8.61 Å². The van der Waals surface area contributed by atoms with E-state index in [0.29, 0.717) is 26.2 Å². The van der Waals surface area contributed by atoms with Gasteiger partial charge in [-0.1, -0.05) is 0 Å². The molecule has 6 nitrogen and oxygen atoms in total. The van der Waals surface area contributed by atoms with Crippen LogP contribution in [0.3, 0.4) is 0 Å². The summed E-state index contributed by atoms with van der Waals surface area (Å²) >= 11 is -3.91. The maximum absolute atomic E-state index is 10.5. The highest BCUT2D eigenvalue weighted by Gasteiger charge is 2.22. The normalized spacial score (nSPS) is 26.8. The molecule has 72 valence electrons. The smallest absolute Gasteiger partial charge is 0.234 e. The summed E-state index contributed by atoms with van der Waals surface area (Å²) in [4.78, 5) is 0. The molecule has 0 radical (unpaired) electrons. The van der Waals surface area contributed by atoms with Crippen LogP contribution < -0.4 is 0 Å². The van der Waals surface area contributed by atoms with Gasteiger partial charge in [-0.3, -0.25) is 9.11 Å². The third kappa shape index (κ3) is 2.57. The molecule has 1 heterocycles. The van der Waals surface area contributed by atoms with E-state index in [-0.39, 0.29) is 0 Å². The highest BCUT2D eigenvalue weighted by Crippen LogP contribution is 2.03. The van der Waals surface area contributed by atoms with Crippen molar-refractivity contribution < 1.29 is 17.5 Å². The molecule has 1 aliphatic rings. The lowest BCUT2D eigenvalue weighted by Crippen LogP contribution is -2.47. The molecule has 0 bridgehead atoms. The highest BCUT2D eigenvalue weighted by molar-refractivity contribution is 7.77. The Morgan fingerprint density at radius 3 is 1.25 bits per heavy atom. The largest absolute Gasteiger partial charge is 0.294 e. The Kier molecular flexibility index (Phi) is 3.75. The quantitative estimate of drug-likeness (QED) is 0.570. The van der Waals surface area contributed by atoms with E-state index in [1.807, 2.05) is 0 Å². The first-order valence-electron chi connectivity index (χ1n) is 3.33. The summed E-state index contributed by atoms with van der Waals surface area (Å²) in [6, 6.07) is 0. The van der Waals surface area contributed by atoms with Crippen molar-refractivity contribution in [3.63, 3.8) is 0 Å². The van der Waals surface area contributed by atoms with E-state index in [1.54, 1.807) is 0 Å². The standard InChI is InChI=1S/C4H10N2O4S2/c7-11(8)5-1-2-6(4-3-5)12(9)10/h1-4H2,(H,7,8)(H,9,10). The van der Waals surface area contributed by atoms with E-state index in [0.717, 1.165) is 0 Å². The molecule has 1 rings (SSSR count). The Morgan fingerprint density at radius 2 is 1.08 bits per heavy atom. The minimum absolute atomic E-state index is 0.343. The van der Waals surface area contributed by atoms with Crippen molar-refractivity contribution in [2.45, 2.75) is 0 Å². The van der Waals surface area contributed by atoms with Crippen LogP contribution in [0.25, 0.3) is 0 Å². The monoisotopic (exact) mass is 214 g/mol. The molecule has 0 aromatic heterocycles. The molecule has 0 spiro atoms. The lowest BCUT2D eigenvalue weighted by Gasteiger charge is -2.28. The maximum Gasteiger partial charge on any atom is 0.234 e. The van der Waals surface area contributed by atoms with Crippen molar-refractivity contribution in [3.05, 3.63) is 0 Å². The van der Waals surface area contributed by atoms with Crippen LogP contribution in [-0.2, 0) is 22.5 Å². The third-order valence-electron chi connectivity index (χ3n) is 1.64. The van der Waals surface area contributed by atoms with Gasteiger partial charge in [0.1, 0.15) is 0 Å².